The maximum atomic E-state index is 12.9. The predicted octanol–water partition coefficient (Wildman–Crippen LogP) is 2.90. The maximum Gasteiger partial charge on any atom is 0.252 e. The molecule has 0 radical (unpaired) electrons. The minimum Gasteiger partial charge on any atom is -0.467 e. The molecule has 0 bridgehead atoms. The van der Waals surface area contributed by atoms with Crippen LogP contribution in [0.1, 0.15) is 57.3 Å². The number of aliphatic hydroxyl groups excluding tert-OH is 1. The van der Waals surface area contributed by atoms with Crippen LogP contribution in [0.4, 0.5) is 0 Å². The third kappa shape index (κ3) is 3.78. The Bertz CT molecular complexity index is 501. The van der Waals surface area contributed by atoms with Crippen molar-refractivity contribution >= 4 is 5.91 Å². The Morgan fingerprint density at radius 2 is 2.26 bits per heavy atom. The number of nitrogens with zero attached hydrogens (tertiary/aromatic N) is 1. The molecule has 2 aliphatic heterocycles. The highest BCUT2D eigenvalue weighted by molar-refractivity contribution is 5.81. The highest BCUT2D eigenvalue weighted by atomic mass is 16.5. The first-order valence-corrected chi connectivity index (χ1v) is 8.80. The van der Waals surface area contributed by atoms with Crippen molar-refractivity contribution in [3.63, 3.8) is 0 Å². The summed E-state index contributed by atoms with van der Waals surface area (Å²) in [5.41, 5.74) is 0. The number of hydrogen-bond donors (Lipinski definition) is 1. The van der Waals surface area contributed by atoms with E-state index in [2.05, 4.69) is 6.92 Å². The summed E-state index contributed by atoms with van der Waals surface area (Å²) in [5, 5.41) is 10.4. The van der Waals surface area contributed by atoms with Gasteiger partial charge >= 0.3 is 0 Å². The third-order valence-corrected chi connectivity index (χ3v) is 5.16. The van der Waals surface area contributed by atoms with E-state index < -0.39 is 6.10 Å². The van der Waals surface area contributed by atoms with Gasteiger partial charge in [-0.25, -0.2) is 0 Å². The maximum absolute atomic E-state index is 12.9. The van der Waals surface area contributed by atoms with Crippen LogP contribution in [-0.4, -0.2) is 41.2 Å². The summed E-state index contributed by atoms with van der Waals surface area (Å²) in [6.07, 6.45) is 6.28. The molecular formula is C18H27NO4. The zero-order valence-electron chi connectivity index (χ0n) is 13.8. The van der Waals surface area contributed by atoms with Crippen LogP contribution in [0.25, 0.3) is 0 Å². The smallest absolute Gasteiger partial charge is 0.252 e. The number of carbonyl (C=O) groups is 1. The minimum absolute atomic E-state index is 0.0569. The first kappa shape index (κ1) is 16.5. The fourth-order valence-corrected chi connectivity index (χ4v) is 3.74. The molecule has 4 unspecified atom stereocenters. The zero-order chi connectivity index (χ0) is 16.2. The fraction of sp³-hybridized carbons (Fsp3) is 0.722. The number of hydrogen-bond acceptors (Lipinski definition) is 4. The van der Waals surface area contributed by atoms with E-state index in [0.29, 0.717) is 18.8 Å². The lowest BCUT2D eigenvalue weighted by Crippen LogP contribution is -2.47. The van der Waals surface area contributed by atoms with Gasteiger partial charge < -0.3 is 19.2 Å². The summed E-state index contributed by atoms with van der Waals surface area (Å²) in [4.78, 5) is 14.9. The van der Waals surface area contributed by atoms with E-state index in [1.807, 2.05) is 4.90 Å². The number of aliphatic hydroxyl groups is 1. The molecule has 128 valence electrons. The molecule has 0 aromatic carbocycles. The molecule has 1 aromatic heterocycles. The van der Waals surface area contributed by atoms with Gasteiger partial charge in [0, 0.05) is 25.6 Å². The summed E-state index contributed by atoms with van der Waals surface area (Å²) < 4.78 is 11.0. The Morgan fingerprint density at radius 1 is 1.39 bits per heavy atom. The van der Waals surface area contributed by atoms with Gasteiger partial charge in [0.15, 0.2) is 0 Å². The molecule has 5 nitrogen and oxygen atoms in total. The Labute approximate surface area is 137 Å². The molecule has 2 fully saturated rings. The Morgan fingerprint density at radius 3 is 2.96 bits per heavy atom. The molecule has 5 heteroatoms. The first-order valence-electron chi connectivity index (χ1n) is 8.80. The van der Waals surface area contributed by atoms with Crippen LogP contribution in [0, 0.1) is 5.92 Å². The number of carbonyl (C=O) groups excluding carboxylic acids is 1. The number of furan rings is 1. The Kier molecular flexibility index (Phi) is 5.38. The molecule has 2 aliphatic rings. The second kappa shape index (κ2) is 7.49. The molecule has 23 heavy (non-hydrogen) atoms. The van der Waals surface area contributed by atoms with Crippen molar-refractivity contribution in [1.82, 2.24) is 4.90 Å². The van der Waals surface area contributed by atoms with E-state index in [0.717, 1.165) is 38.6 Å². The van der Waals surface area contributed by atoms with Crippen molar-refractivity contribution in [2.45, 2.75) is 63.7 Å². The lowest BCUT2D eigenvalue weighted by Gasteiger charge is -2.33. The Balaban J connectivity index is 1.70. The van der Waals surface area contributed by atoms with Crippen molar-refractivity contribution in [3.05, 3.63) is 24.2 Å². The first-order chi connectivity index (χ1) is 11.2. The van der Waals surface area contributed by atoms with Crippen molar-refractivity contribution in [2.75, 3.05) is 13.2 Å². The lowest BCUT2D eigenvalue weighted by atomic mass is 9.98. The SMILES string of the molecule is CC1CCOC1C(=O)N1CCCCCC1CC(O)c1ccco1. The normalized spacial score (nSPS) is 30.2. The van der Waals surface area contributed by atoms with Crippen molar-refractivity contribution in [1.29, 1.82) is 0 Å². The van der Waals surface area contributed by atoms with Gasteiger partial charge in [0.1, 0.15) is 18.0 Å². The van der Waals surface area contributed by atoms with Gasteiger partial charge in [-0.1, -0.05) is 19.8 Å². The van der Waals surface area contributed by atoms with Gasteiger partial charge in [0.25, 0.3) is 5.91 Å². The van der Waals surface area contributed by atoms with Crippen LogP contribution < -0.4 is 0 Å². The lowest BCUT2D eigenvalue weighted by molar-refractivity contribution is -0.145. The van der Waals surface area contributed by atoms with Crippen molar-refractivity contribution in [2.24, 2.45) is 5.92 Å². The predicted molar refractivity (Wildman–Crippen MR) is 85.8 cm³/mol. The van der Waals surface area contributed by atoms with Crippen molar-refractivity contribution < 1.29 is 19.1 Å². The molecule has 2 saturated heterocycles. The van der Waals surface area contributed by atoms with Gasteiger partial charge in [0.05, 0.1) is 6.26 Å². The monoisotopic (exact) mass is 321 g/mol. The van der Waals surface area contributed by atoms with E-state index >= 15 is 0 Å². The summed E-state index contributed by atoms with van der Waals surface area (Å²) in [6.45, 7) is 3.52. The van der Waals surface area contributed by atoms with Gasteiger partial charge in [-0.2, -0.15) is 0 Å². The van der Waals surface area contributed by atoms with Gasteiger partial charge in [0.2, 0.25) is 0 Å². The average Bonchev–Trinajstić information content (AvgIpc) is 3.16. The summed E-state index contributed by atoms with van der Waals surface area (Å²) >= 11 is 0. The van der Waals surface area contributed by atoms with Gasteiger partial charge in [-0.05, 0) is 37.3 Å². The number of ether oxygens (including phenoxy) is 1. The molecule has 1 N–H and O–H groups in total. The highest BCUT2D eigenvalue weighted by Crippen LogP contribution is 2.30. The fourth-order valence-electron chi connectivity index (χ4n) is 3.74. The molecule has 1 aromatic rings. The second-order valence-corrected chi connectivity index (χ2v) is 6.86. The number of amides is 1. The average molecular weight is 321 g/mol. The van der Waals surface area contributed by atoms with E-state index in [9.17, 15) is 9.90 Å². The summed E-state index contributed by atoms with van der Waals surface area (Å²) in [6, 6.07) is 3.62. The quantitative estimate of drug-likeness (QED) is 0.926. The van der Waals surface area contributed by atoms with Crippen LogP contribution in [0.5, 0.6) is 0 Å². The van der Waals surface area contributed by atoms with E-state index in [1.54, 1.807) is 18.4 Å². The van der Waals surface area contributed by atoms with E-state index in [-0.39, 0.29) is 24.0 Å². The van der Waals surface area contributed by atoms with Crippen LogP contribution in [0.15, 0.2) is 22.8 Å². The number of likely N-dealkylation sites (tertiary alicyclic amines) is 1. The standard InChI is InChI=1S/C18H27NO4/c1-13-8-11-23-17(13)18(21)19-9-4-2-3-6-14(19)12-15(20)16-7-5-10-22-16/h5,7,10,13-15,17,20H,2-4,6,8-9,11-12H2,1H3. The van der Waals surface area contributed by atoms with Gasteiger partial charge in [-0.3, -0.25) is 4.79 Å². The van der Waals surface area contributed by atoms with Crippen molar-refractivity contribution in [3.8, 4) is 0 Å². The van der Waals surface area contributed by atoms with Crippen LogP contribution in [0.2, 0.25) is 0 Å². The third-order valence-electron chi connectivity index (χ3n) is 5.16. The van der Waals surface area contributed by atoms with Crippen LogP contribution >= 0.6 is 0 Å². The van der Waals surface area contributed by atoms with E-state index in [4.69, 9.17) is 9.15 Å². The number of rotatable bonds is 4. The molecule has 0 spiro atoms. The molecule has 0 aliphatic carbocycles. The largest absolute Gasteiger partial charge is 0.467 e. The molecule has 1 amide bonds. The minimum atomic E-state index is -0.662. The molecular weight excluding hydrogens is 294 g/mol. The zero-order valence-corrected chi connectivity index (χ0v) is 13.8. The van der Waals surface area contributed by atoms with E-state index in [1.165, 1.54) is 0 Å². The highest BCUT2D eigenvalue weighted by Gasteiger charge is 2.37. The molecule has 3 heterocycles. The Hall–Kier alpha value is -1.33. The second-order valence-electron chi connectivity index (χ2n) is 6.86. The summed E-state index contributed by atoms with van der Waals surface area (Å²) in [5.74, 6) is 0.960. The van der Waals surface area contributed by atoms with Crippen LogP contribution in [0.3, 0.4) is 0 Å². The van der Waals surface area contributed by atoms with Gasteiger partial charge in [-0.15, -0.1) is 0 Å². The molecule has 0 saturated carbocycles. The van der Waals surface area contributed by atoms with Crippen LogP contribution in [-0.2, 0) is 9.53 Å². The topological polar surface area (TPSA) is 62.9 Å². The molecule has 4 atom stereocenters. The molecule has 3 rings (SSSR count). The summed E-state index contributed by atoms with van der Waals surface area (Å²) in [7, 11) is 0.